The zero-order valence-corrected chi connectivity index (χ0v) is 12.9. The Morgan fingerprint density at radius 2 is 1.87 bits per heavy atom. The Hall–Kier alpha value is -2.66. The van der Waals surface area contributed by atoms with Gasteiger partial charge in [0.15, 0.2) is 0 Å². The van der Waals surface area contributed by atoms with Gasteiger partial charge in [-0.15, -0.1) is 0 Å². The van der Waals surface area contributed by atoms with Crippen molar-refractivity contribution in [3.05, 3.63) is 58.9 Å². The second kappa shape index (κ2) is 6.62. The minimum atomic E-state index is -0.107. The van der Waals surface area contributed by atoms with Gasteiger partial charge >= 0.3 is 0 Å². The lowest BCUT2D eigenvalue weighted by Crippen LogP contribution is -2.24. The molecule has 0 aliphatic heterocycles. The zero-order chi connectivity index (χ0) is 16.2. The molecule has 0 saturated carbocycles. The molecule has 1 N–H and O–H groups in total. The van der Waals surface area contributed by atoms with E-state index < -0.39 is 0 Å². The van der Waals surface area contributed by atoms with Crippen LogP contribution in [0.25, 0.3) is 22.3 Å². The van der Waals surface area contributed by atoms with Crippen LogP contribution in [0.4, 0.5) is 0 Å². The maximum atomic E-state index is 12.8. The van der Waals surface area contributed by atoms with Gasteiger partial charge in [0.05, 0.1) is 23.6 Å². The fourth-order valence-corrected chi connectivity index (χ4v) is 2.64. The molecule has 1 aromatic heterocycles. The average molecular weight is 310 g/mol. The summed E-state index contributed by atoms with van der Waals surface area (Å²) in [6.07, 6.45) is 0.488. The van der Waals surface area contributed by atoms with Crippen molar-refractivity contribution < 1.29 is 9.84 Å². The van der Waals surface area contributed by atoms with Crippen LogP contribution < -0.4 is 10.3 Å². The monoisotopic (exact) mass is 310 g/mol. The van der Waals surface area contributed by atoms with E-state index in [1.165, 1.54) is 0 Å². The fraction of sp³-hybridized carbons (Fsp3) is 0.222. The van der Waals surface area contributed by atoms with Gasteiger partial charge in [0, 0.05) is 13.2 Å². The number of aliphatic hydroxyl groups is 1. The zero-order valence-electron chi connectivity index (χ0n) is 12.9. The molecule has 0 bridgehead atoms. The number of aromatic nitrogens is 2. The van der Waals surface area contributed by atoms with Crippen LogP contribution in [0, 0.1) is 0 Å². The quantitative estimate of drug-likeness (QED) is 0.786. The van der Waals surface area contributed by atoms with E-state index in [0.717, 1.165) is 5.56 Å². The average Bonchev–Trinajstić information content (AvgIpc) is 2.61. The van der Waals surface area contributed by atoms with Crippen LogP contribution in [0.1, 0.15) is 6.42 Å². The molecule has 3 aromatic rings. The third-order valence-corrected chi connectivity index (χ3v) is 3.75. The van der Waals surface area contributed by atoms with Gasteiger partial charge in [-0.2, -0.15) is 0 Å². The molecule has 5 nitrogen and oxygen atoms in total. The normalized spacial score (nSPS) is 10.9. The Bertz CT molecular complexity index is 887. The first-order valence-electron chi connectivity index (χ1n) is 7.50. The largest absolute Gasteiger partial charge is 0.496 e. The number of nitrogens with zero attached hydrogens (tertiary/aromatic N) is 2. The minimum Gasteiger partial charge on any atom is -0.496 e. The van der Waals surface area contributed by atoms with Crippen LogP contribution in [0.2, 0.25) is 0 Å². The molecule has 0 aliphatic carbocycles. The van der Waals surface area contributed by atoms with Crippen molar-refractivity contribution in [3.63, 3.8) is 0 Å². The van der Waals surface area contributed by atoms with Crippen LogP contribution in [-0.4, -0.2) is 28.4 Å². The molecular weight excluding hydrogens is 292 g/mol. The number of ether oxygens (including phenoxy) is 1. The van der Waals surface area contributed by atoms with Gasteiger partial charge in [-0.1, -0.05) is 24.3 Å². The number of para-hydroxylation sites is 2. The standard InChI is InChI=1S/C18H18N2O3/c1-23-16-10-5-3-8-14(16)17-19-15-9-4-2-7-13(15)18(22)20(17)11-6-12-21/h2-5,7-10,21H,6,11-12H2,1H3. The molecule has 0 unspecified atom stereocenters. The predicted octanol–water partition coefficient (Wildman–Crippen LogP) is 2.45. The summed E-state index contributed by atoms with van der Waals surface area (Å²) in [5.74, 6) is 1.21. The Labute approximate surface area is 133 Å². The van der Waals surface area contributed by atoms with Crippen LogP contribution in [-0.2, 0) is 6.54 Å². The molecule has 0 fully saturated rings. The number of benzene rings is 2. The number of aliphatic hydroxyl groups excluding tert-OH is 1. The summed E-state index contributed by atoms with van der Waals surface area (Å²) in [5.41, 5.74) is 1.31. The van der Waals surface area contributed by atoms with E-state index >= 15 is 0 Å². The van der Waals surface area contributed by atoms with Gasteiger partial charge in [0.25, 0.3) is 5.56 Å². The second-order valence-corrected chi connectivity index (χ2v) is 5.19. The van der Waals surface area contributed by atoms with E-state index in [-0.39, 0.29) is 12.2 Å². The number of fused-ring (bicyclic) bond motifs is 1. The van der Waals surface area contributed by atoms with Gasteiger partial charge in [-0.3, -0.25) is 9.36 Å². The first-order chi connectivity index (χ1) is 11.3. The Morgan fingerprint density at radius 1 is 1.13 bits per heavy atom. The summed E-state index contributed by atoms with van der Waals surface area (Å²) < 4.78 is 7.01. The van der Waals surface area contributed by atoms with Gasteiger partial charge in [0.1, 0.15) is 11.6 Å². The van der Waals surface area contributed by atoms with Crippen molar-refractivity contribution in [2.45, 2.75) is 13.0 Å². The van der Waals surface area contributed by atoms with Crippen molar-refractivity contribution in [2.75, 3.05) is 13.7 Å². The molecule has 0 saturated heterocycles. The predicted molar refractivity (Wildman–Crippen MR) is 89.7 cm³/mol. The van der Waals surface area contributed by atoms with Gasteiger partial charge < -0.3 is 9.84 Å². The van der Waals surface area contributed by atoms with E-state index in [9.17, 15) is 4.79 Å². The van der Waals surface area contributed by atoms with E-state index in [0.29, 0.717) is 35.4 Å². The van der Waals surface area contributed by atoms with E-state index in [4.69, 9.17) is 9.84 Å². The Kier molecular flexibility index (Phi) is 4.39. The second-order valence-electron chi connectivity index (χ2n) is 5.19. The maximum Gasteiger partial charge on any atom is 0.261 e. The highest BCUT2D eigenvalue weighted by Crippen LogP contribution is 2.28. The molecule has 0 spiro atoms. The third kappa shape index (κ3) is 2.83. The van der Waals surface area contributed by atoms with E-state index in [1.807, 2.05) is 42.5 Å². The van der Waals surface area contributed by atoms with Crippen molar-refractivity contribution in [1.82, 2.24) is 9.55 Å². The molecule has 2 aromatic carbocycles. The van der Waals surface area contributed by atoms with Crippen molar-refractivity contribution >= 4 is 10.9 Å². The minimum absolute atomic E-state index is 0.0185. The van der Waals surface area contributed by atoms with Crippen molar-refractivity contribution in [2.24, 2.45) is 0 Å². The van der Waals surface area contributed by atoms with Crippen molar-refractivity contribution in [3.8, 4) is 17.1 Å². The fourth-order valence-electron chi connectivity index (χ4n) is 2.64. The summed E-state index contributed by atoms with van der Waals surface area (Å²) in [6, 6.07) is 14.8. The first-order valence-corrected chi connectivity index (χ1v) is 7.50. The summed E-state index contributed by atoms with van der Waals surface area (Å²) in [7, 11) is 1.59. The number of hydrogen-bond donors (Lipinski definition) is 1. The van der Waals surface area contributed by atoms with Gasteiger partial charge in [0.2, 0.25) is 0 Å². The highest BCUT2D eigenvalue weighted by molar-refractivity contribution is 5.80. The van der Waals surface area contributed by atoms with Crippen molar-refractivity contribution in [1.29, 1.82) is 0 Å². The van der Waals surface area contributed by atoms with Crippen LogP contribution in [0.5, 0.6) is 5.75 Å². The molecular formula is C18H18N2O3. The summed E-state index contributed by atoms with van der Waals surface area (Å²) in [5, 5.41) is 9.71. The summed E-state index contributed by atoms with van der Waals surface area (Å²) in [6.45, 7) is 0.422. The molecule has 1 heterocycles. The highest BCUT2D eigenvalue weighted by Gasteiger charge is 2.15. The number of hydrogen-bond acceptors (Lipinski definition) is 4. The molecule has 23 heavy (non-hydrogen) atoms. The number of rotatable bonds is 5. The number of methoxy groups -OCH3 is 1. The van der Waals surface area contributed by atoms with E-state index in [1.54, 1.807) is 17.7 Å². The van der Waals surface area contributed by atoms with Crippen LogP contribution >= 0.6 is 0 Å². The first kappa shape index (κ1) is 15.2. The maximum absolute atomic E-state index is 12.8. The van der Waals surface area contributed by atoms with Gasteiger partial charge in [-0.05, 0) is 30.7 Å². The van der Waals surface area contributed by atoms with E-state index in [2.05, 4.69) is 4.98 Å². The molecule has 0 amide bonds. The molecule has 0 radical (unpaired) electrons. The highest BCUT2D eigenvalue weighted by atomic mass is 16.5. The Morgan fingerprint density at radius 3 is 2.65 bits per heavy atom. The van der Waals surface area contributed by atoms with Crippen LogP contribution in [0.3, 0.4) is 0 Å². The Balaban J connectivity index is 2.31. The summed E-state index contributed by atoms with van der Waals surface area (Å²) >= 11 is 0. The molecule has 0 aliphatic rings. The molecule has 5 heteroatoms. The smallest absolute Gasteiger partial charge is 0.261 e. The lowest BCUT2D eigenvalue weighted by Gasteiger charge is -2.15. The third-order valence-electron chi connectivity index (χ3n) is 3.75. The molecule has 0 atom stereocenters. The topological polar surface area (TPSA) is 64.3 Å². The lowest BCUT2D eigenvalue weighted by molar-refractivity contribution is 0.279. The lowest BCUT2D eigenvalue weighted by atomic mass is 10.1. The van der Waals surface area contributed by atoms with Gasteiger partial charge in [-0.25, -0.2) is 4.98 Å². The summed E-state index contributed by atoms with van der Waals surface area (Å²) in [4.78, 5) is 17.5. The molecule has 118 valence electrons. The van der Waals surface area contributed by atoms with Crippen LogP contribution in [0.15, 0.2) is 53.3 Å². The molecule has 3 rings (SSSR count). The SMILES string of the molecule is COc1ccccc1-c1nc2ccccc2c(=O)n1CCCO.